The third kappa shape index (κ3) is 4.46. The first-order chi connectivity index (χ1) is 9.27. The van der Waals surface area contributed by atoms with E-state index in [2.05, 4.69) is 0 Å². The molecule has 0 aromatic heterocycles. The Kier molecular flexibility index (Phi) is 5.58. The lowest BCUT2D eigenvalue weighted by Gasteiger charge is -2.29. The second kappa shape index (κ2) is 7.43. The zero-order chi connectivity index (χ0) is 13.5. The Morgan fingerprint density at radius 1 is 1.32 bits per heavy atom. The molecule has 1 atom stereocenters. The van der Waals surface area contributed by atoms with Crippen molar-refractivity contribution in [2.75, 3.05) is 31.2 Å². The number of benzene rings is 1. The van der Waals surface area contributed by atoms with E-state index < -0.39 is 0 Å². The van der Waals surface area contributed by atoms with E-state index in [1.165, 1.54) is 0 Å². The van der Waals surface area contributed by atoms with Crippen LogP contribution in [0.4, 0.5) is 0 Å². The molecule has 0 saturated carbocycles. The highest BCUT2D eigenvalue weighted by atomic mass is 32.2. The molecule has 0 N–H and O–H groups in total. The standard InChI is InChI=1S/C15H21NO2S/c1-13(15(17)16-8-11-19-12-9-16)7-10-18-14-5-3-2-4-6-14/h2-6,13H,7-12H2,1H3/t13-/m1/s1. The molecule has 19 heavy (non-hydrogen) atoms. The van der Waals surface area contributed by atoms with Gasteiger partial charge in [-0.3, -0.25) is 4.79 Å². The highest BCUT2D eigenvalue weighted by Crippen LogP contribution is 2.15. The van der Waals surface area contributed by atoms with Gasteiger partial charge >= 0.3 is 0 Å². The summed E-state index contributed by atoms with van der Waals surface area (Å²) >= 11 is 1.92. The first kappa shape index (κ1) is 14.3. The largest absolute Gasteiger partial charge is 0.494 e. The molecule has 1 saturated heterocycles. The third-order valence-electron chi connectivity index (χ3n) is 3.31. The summed E-state index contributed by atoms with van der Waals surface area (Å²) in [6.07, 6.45) is 0.775. The lowest BCUT2D eigenvalue weighted by atomic mass is 10.1. The van der Waals surface area contributed by atoms with Gasteiger partial charge in [-0.1, -0.05) is 25.1 Å². The maximum Gasteiger partial charge on any atom is 0.225 e. The lowest BCUT2D eigenvalue weighted by Crippen LogP contribution is -2.41. The molecule has 104 valence electrons. The Bertz CT molecular complexity index is 390. The monoisotopic (exact) mass is 279 g/mol. The van der Waals surface area contributed by atoms with Gasteiger partial charge in [0, 0.05) is 30.5 Å². The fourth-order valence-electron chi connectivity index (χ4n) is 2.09. The van der Waals surface area contributed by atoms with Crippen molar-refractivity contribution < 1.29 is 9.53 Å². The van der Waals surface area contributed by atoms with E-state index in [1.807, 2.05) is 53.9 Å². The summed E-state index contributed by atoms with van der Waals surface area (Å²) in [4.78, 5) is 14.2. The van der Waals surface area contributed by atoms with Crippen LogP contribution in [0.5, 0.6) is 5.75 Å². The van der Waals surface area contributed by atoms with Crippen molar-refractivity contribution in [1.82, 2.24) is 4.90 Å². The number of ether oxygens (including phenoxy) is 1. The SMILES string of the molecule is C[C@H](CCOc1ccccc1)C(=O)N1CCSCC1. The predicted octanol–water partition coefficient (Wildman–Crippen LogP) is 2.67. The van der Waals surface area contributed by atoms with Crippen LogP contribution in [0.3, 0.4) is 0 Å². The van der Waals surface area contributed by atoms with Crippen molar-refractivity contribution in [3.05, 3.63) is 30.3 Å². The van der Waals surface area contributed by atoms with Crippen molar-refractivity contribution in [1.29, 1.82) is 0 Å². The second-order valence-electron chi connectivity index (χ2n) is 4.79. The summed E-state index contributed by atoms with van der Waals surface area (Å²) in [5.41, 5.74) is 0. The number of hydrogen-bond acceptors (Lipinski definition) is 3. The van der Waals surface area contributed by atoms with Gasteiger partial charge < -0.3 is 9.64 Å². The van der Waals surface area contributed by atoms with Gasteiger partial charge in [0.25, 0.3) is 0 Å². The molecule has 0 bridgehead atoms. The first-order valence-electron chi connectivity index (χ1n) is 6.82. The maximum atomic E-state index is 12.2. The minimum absolute atomic E-state index is 0.0480. The molecule has 0 aliphatic carbocycles. The number of para-hydroxylation sites is 1. The summed E-state index contributed by atoms with van der Waals surface area (Å²) in [5, 5.41) is 0. The molecule has 1 heterocycles. The summed E-state index contributed by atoms with van der Waals surface area (Å²) in [6, 6.07) is 9.75. The highest BCUT2D eigenvalue weighted by Gasteiger charge is 2.21. The average molecular weight is 279 g/mol. The second-order valence-corrected chi connectivity index (χ2v) is 6.01. The Morgan fingerprint density at radius 3 is 2.68 bits per heavy atom. The molecule has 1 aliphatic rings. The Labute approximate surface area is 119 Å². The van der Waals surface area contributed by atoms with Crippen LogP contribution in [0.25, 0.3) is 0 Å². The number of carbonyl (C=O) groups is 1. The molecule has 0 unspecified atom stereocenters. The van der Waals surface area contributed by atoms with E-state index in [0.29, 0.717) is 6.61 Å². The maximum absolute atomic E-state index is 12.2. The van der Waals surface area contributed by atoms with Crippen LogP contribution in [0, 0.1) is 5.92 Å². The van der Waals surface area contributed by atoms with E-state index in [4.69, 9.17) is 4.74 Å². The first-order valence-corrected chi connectivity index (χ1v) is 7.97. The summed E-state index contributed by atoms with van der Waals surface area (Å²) in [6.45, 7) is 4.39. The van der Waals surface area contributed by atoms with Gasteiger partial charge in [0.2, 0.25) is 5.91 Å². The van der Waals surface area contributed by atoms with Gasteiger partial charge in [-0.05, 0) is 18.6 Å². The van der Waals surface area contributed by atoms with Crippen molar-refractivity contribution >= 4 is 17.7 Å². The van der Waals surface area contributed by atoms with E-state index in [1.54, 1.807) is 0 Å². The summed E-state index contributed by atoms with van der Waals surface area (Å²) in [5.74, 6) is 3.33. The van der Waals surface area contributed by atoms with Crippen LogP contribution in [-0.2, 0) is 4.79 Å². The smallest absolute Gasteiger partial charge is 0.225 e. The molecule has 0 radical (unpaired) electrons. The van der Waals surface area contributed by atoms with Gasteiger partial charge in [0.1, 0.15) is 5.75 Å². The van der Waals surface area contributed by atoms with Gasteiger partial charge in [0.05, 0.1) is 6.61 Å². The minimum atomic E-state index is 0.0480. The molecule has 1 aliphatic heterocycles. The molecular weight excluding hydrogens is 258 g/mol. The van der Waals surface area contributed by atoms with Gasteiger partial charge in [-0.15, -0.1) is 0 Å². The number of thioether (sulfide) groups is 1. The molecule has 1 aromatic carbocycles. The van der Waals surface area contributed by atoms with Crippen LogP contribution in [0.1, 0.15) is 13.3 Å². The molecular formula is C15H21NO2S. The normalized spacial score (nSPS) is 17.0. The number of hydrogen-bond donors (Lipinski definition) is 0. The molecule has 3 nitrogen and oxygen atoms in total. The fourth-order valence-corrected chi connectivity index (χ4v) is 2.99. The topological polar surface area (TPSA) is 29.5 Å². The van der Waals surface area contributed by atoms with Gasteiger partial charge in [0.15, 0.2) is 0 Å². The molecule has 1 aromatic rings. The van der Waals surface area contributed by atoms with Gasteiger partial charge in [-0.25, -0.2) is 0 Å². The van der Waals surface area contributed by atoms with Gasteiger partial charge in [-0.2, -0.15) is 11.8 Å². The molecule has 2 rings (SSSR count). The zero-order valence-electron chi connectivity index (χ0n) is 11.4. The highest BCUT2D eigenvalue weighted by molar-refractivity contribution is 7.99. The number of amides is 1. The van der Waals surface area contributed by atoms with E-state index >= 15 is 0 Å². The lowest BCUT2D eigenvalue weighted by molar-refractivity contribution is -0.135. The molecule has 0 spiro atoms. The van der Waals surface area contributed by atoms with Crippen LogP contribution >= 0.6 is 11.8 Å². The van der Waals surface area contributed by atoms with Crippen LogP contribution in [0.2, 0.25) is 0 Å². The quantitative estimate of drug-likeness (QED) is 0.830. The number of carbonyl (C=O) groups excluding carboxylic acids is 1. The molecule has 1 amide bonds. The van der Waals surface area contributed by atoms with Crippen LogP contribution in [-0.4, -0.2) is 42.0 Å². The van der Waals surface area contributed by atoms with Crippen molar-refractivity contribution in [2.45, 2.75) is 13.3 Å². The van der Waals surface area contributed by atoms with E-state index in [0.717, 1.165) is 36.8 Å². The third-order valence-corrected chi connectivity index (χ3v) is 4.25. The summed E-state index contributed by atoms with van der Waals surface area (Å²) in [7, 11) is 0. The predicted molar refractivity (Wildman–Crippen MR) is 79.6 cm³/mol. The average Bonchev–Trinajstić information content (AvgIpc) is 2.48. The number of rotatable bonds is 5. The van der Waals surface area contributed by atoms with Crippen molar-refractivity contribution in [3.63, 3.8) is 0 Å². The number of nitrogens with zero attached hydrogens (tertiary/aromatic N) is 1. The Hall–Kier alpha value is -1.16. The van der Waals surface area contributed by atoms with Crippen LogP contribution in [0.15, 0.2) is 30.3 Å². The van der Waals surface area contributed by atoms with Crippen LogP contribution < -0.4 is 4.74 Å². The molecule has 4 heteroatoms. The Balaban J connectivity index is 1.71. The van der Waals surface area contributed by atoms with Crippen molar-refractivity contribution in [3.8, 4) is 5.75 Å². The van der Waals surface area contributed by atoms with Crippen molar-refractivity contribution in [2.24, 2.45) is 5.92 Å². The minimum Gasteiger partial charge on any atom is -0.494 e. The van der Waals surface area contributed by atoms with E-state index in [-0.39, 0.29) is 11.8 Å². The Morgan fingerprint density at radius 2 is 2.00 bits per heavy atom. The fraction of sp³-hybridized carbons (Fsp3) is 0.533. The zero-order valence-corrected chi connectivity index (χ0v) is 12.2. The summed E-state index contributed by atoms with van der Waals surface area (Å²) < 4.78 is 5.64. The van der Waals surface area contributed by atoms with E-state index in [9.17, 15) is 4.79 Å². The molecule has 1 fully saturated rings.